The van der Waals surface area contributed by atoms with Gasteiger partial charge >= 0.3 is 0 Å². The number of carbonyl (C=O) groups is 2. The molecular formula is C16H35NO4. The van der Waals surface area contributed by atoms with Gasteiger partial charge in [0.25, 0.3) is 12.9 Å². The zero-order valence-corrected chi connectivity index (χ0v) is 13.1. The lowest BCUT2D eigenvalue weighted by Gasteiger charge is -2.15. The van der Waals surface area contributed by atoms with Gasteiger partial charge in [-0.2, -0.15) is 0 Å². The van der Waals surface area contributed by atoms with E-state index in [2.05, 4.69) is 23.9 Å². The summed E-state index contributed by atoms with van der Waals surface area (Å²) in [5.41, 5.74) is 0. The summed E-state index contributed by atoms with van der Waals surface area (Å²) >= 11 is 0. The first kappa shape index (κ1) is 24.9. The zero-order valence-electron chi connectivity index (χ0n) is 13.1. The van der Waals surface area contributed by atoms with Crippen molar-refractivity contribution in [2.75, 3.05) is 13.2 Å². The summed E-state index contributed by atoms with van der Waals surface area (Å²) in [6, 6.07) is 0.852. The van der Waals surface area contributed by atoms with Crippen molar-refractivity contribution >= 4 is 12.9 Å². The fraction of sp³-hybridized carbons (Fsp3) is 0.875. The molecule has 0 spiro atoms. The third-order valence-corrected chi connectivity index (χ3v) is 3.48. The Kier molecular flexibility index (Phi) is 25.1. The molecule has 1 aliphatic heterocycles. The Balaban J connectivity index is -0.000000305. The lowest BCUT2D eigenvalue weighted by molar-refractivity contribution is -0.128. The van der Waals surface area contributed by atoms with Crippen molar-refractivity contribution in [3.63, 3.8) is 0 Å². The van der Waals surface area contributed by atoms with E-state index in [1.54, 1.807) is 6.92 Å². The fourth-order valence-electron chi connectivity index (χ4n) is 2.20. The Labute approximate surface area is 130 Å². The van der Waals surface area contributed by atoms with Gasteiger partial charge in [0.1, 0.15) is 0 Å². The van der Waals surface area contributed by atoms with Gasteiger partial charge in [0.15, 0.2) is 0 Å². The highest BCUT2D eigenvalue weighted by Gasteiger charge is 2.14. The first-order chi connectivity index (χ1) is 9.69. The van der Waals surface area contributed by atoms with E-state index in [1.807, 2.05) is 0 Å². The molecule has 5 heteroatoms. The predicted octanol–water partition coefficient (Wildman–Crippen LogP) is 3.47. The molecule has 5 nitrogen and oxygen atoms in total. The fourth-order valence-corrected chi connectivity index (χ4v) is 2.20. The molecule has 0 aromatic rings. The van der Waals surface area contributed by atoms with E-state index >= 15 is 0 Å². The summed E-state index contributed by atoms with van der Waals surface area (Å²) in [4.78, 5) is 17.5. The molecule has 0 bridgehead atoms. The highest BCUT2D eigenvalue weighted by molar-refractivity contribution is 5.36. The van der Waals surface area contributed by atoms with Gasteiger partial charge in [-0.15, -0.1) is 0 Å². The maximum absolute atomic E-state index is 9.18. The van der Waals surface area contributed by atoms with Crippen LogP contribution in [0.2, 0.25) is 0 Å². The van der Waals surface area contributed by atoms with Crippen molar-refractivity contribution in [2.24, 2.45) is 5.92 Å². The molecule has 1 saturated heterocycles. The van der Waals surface area contributed by atoms with Gasteiger partial charge in [0, 0.05) is 6.04 Å². The molecular weight excluding hydrogens is 270 g/mol. The molecule has 1 unspecified atom stereocenters. The Hall–Kier alpha value is -1.10. The van der Waals surface area contributed by atoms with Crippen molar-refractivity contribution in [1.82, 2.24) is 5.32 Å². The monoisotopic (exact) mass is 305 g/mol. The van der Waals surface area contributed by atoms with Crippen molar-refractivity contribution in [3.8, 4) is 0 Å². The number of nitrogens with one attached hydrogen (secondary N) is 1. The van der Waals surface area contributed by atoms with Gasteiger partial charge in [0.2, 0.25) is 0 Å². The van der Waals surface area contributed by atoms with Crippen LogP contribution in [0.4, 0.5) is 0 Å². The van der Waals surface area contributed by atoms with E-state index in [4.69, 9.17) is 9.90 Å². The lowest BCUT2D eigenvalue weighted by atomic mass is 9.95. The van der Waals surface area contributed by atoms with Crippen LogP contribution in [0.3, 0.4) is 0 Å². The summed E-state index contributed by atoms with van der Waals surface area (Å²) in [7, 11) is 0. The lowest BCUT2D eigenvalue weighted by Crippen LogP contribution is -2.21. The summed E-state index contributed by atoms with van der Waals surface area (Å²) in [6.07, 6.45) is 8.39. The minimum Gasteiger partial charge on any atom is -0.483 e. The van der Waals surface area contributed by atoms with Crippen molar-refractivity contribution in [1.29, 1.82) is 0 Å². The first-order valence-electron chi connectivity index (χ1n) is 7.56. The molecule has 128 valence electrons. The van der Waals surface area contributed by atoms with Crippen LogP contribution in [-0.4, -0.2) is 37.2 Å². The van der Waals surface area contributed by atoms with Crippen LogP contribution in [0.15, 0.2) is 0 Å². The van der Waals surface area contributed by atoms with Crippen LogP contribution in [0.1, 0.15) is 66.7 Å². The third kappa shape index (κ3) is 18.9. The van der Waals surface area contributed by atoms with E-state index in [-0.39, 0.29) is 13.9 Å². The van der Waals surface area contributed by atoms with E-state index in [0.29, 0.717) is 13.1 Å². The summed E-state index contributed by atoms with van der Waals surface area (Å²) in [5, 5.41) is 10.4. The van der Waals surface area contributed by atoms with E-state index in [0.717, 1.165) is 12.0 Å². The second-order valence-corrected chi connectivity index (χ2v) is 4.71. The quantitative estimate of drug-likeness (QED) is 0.704. The molecule has 0 aromatic carbocycles. The van der Waals surface area contributed by atoms with Crippen molar-refractivity contribution in [2.45, 2.75) is 72.8 Å². The molecule has 1 heterocycles. The molecule has 0 aromatic heterocycles. The number of ether oxygens (including phenoxy) is 1. The normalized spacial score (nSPS) is 15.7. The number of carbonyl (C=O) groups excluding carboxylic acids is 1. The van der Waals surface area contributed by atoms with Gasteiger partial charge in [-0.25, -0.2) is 0 Å². The minimum absolute atomic E-state index is 0. The largest absolute Gasteiger partial charge is 0.483 e. The molecule has 0 aliphatic carbocycles. The molecule has 1 rings (SSSR count). The zero-order chi connectivity index (χ0) is 15.6. The van der Waals surface area contributed by atoms with Crippen LogP contribution >= 0.6 is 0 Å². The average molecular weight is 305 g/mol. The van der Waals surface area contributed by atoms with Crippen molar-refractivity contribution < 1.29 is 19.4 Å². The molecule has 1 aliphatic rings. The highest BCUT2D eigenvalue weighted by atomic mass is 16.5. The summed E-state index contributed by atoms with van der Waals surface area (Å²) in [6.45, 7) is 8.30. The molecule has 0 amide bonds. The second kappa shape index (κ2) is 21.2. The Morgan fingerprint density at radius 2 is 1.86 bits per heavy atom. The number of carboxylic acid groups (broad SMARTS) is 1. The molecule has 2 N–H and O–H groups in total. The highest BCUT2D eigenvalue weighted by Crippen LogP contribution is 2.19. The molecule has 0 radical (unpaired) electrons. The Morgan fingerprint density at radius 1 is 1.29 bits per heavy atom. The standard InChI is InChI=1S/C11H23N.C3H6O2.CH2O2.CH4/c1-3-10(4-2)7-8-11-6-5-9-12-11;1-2-5-3-4;2-1-3;/h10-12H,3-9H2,1-2H3;3H,2H2,1H3;1H,(H,2,3);1H4. The van der Waals surface area contributed by atoms with Crippen LogP contribution in [-0.2, 0) is 14.3 Å². The first-order valence-corrected chi connectivity index (χ1v) is 7.56. The second-order valence-electron chi connectivity index (χ2n) is 4.71. The number of hydrogen-bond donors (Lipinski definition) is 2. The average Bonchev–Trinajstić information content (AvgIpc) is 2.96. The summed E-state index contributed by atoms with van der Waals surface area (Å²) < 4.78 is 4.15. The topological polar surface area (TPSA) is 75.6 Å². The van der Waals surface area contributed by atoms with Gasteiger partial charge in [-0.3, -0.25) is 9.59 Å². The number of rotatable bonds is 7. The summed E-state index contributed by atoms with van der Waals surface area (Å²) in [5.74, 6) is 0.979. The maximum Gasteiger partial charge on any atom is 0.293 e. The van der Waals surface area contributed by atoms with E-state index < -0.39 is 0 Å². The molecule has 21 heavy (non-hydrogen) atoms. The van der Waals surface area contributed by atoms with E-state index in [1.165, 1.54) is 45.1 Å². The SMILES string of the molecule is C.CCC(CC)CCC1CCCN1.CCOC=O.O=CO. The third-order valence-electron chi connectivity index (χ3n) is 3.48. The number of hydrogen-bond acceptors (Lipinski definition) is 4. The van der Waals surface area contributed by atoms with Crippen LogP contribution in [0, 0.1) is 5.92 Å². The van der Waals surface area contributed by atoms with E-state index in [9.17, 15) is 4.79 Å². The minimum atomic E-state index is -0.250. The molecule has 1 fully saturated rings. The van der Waals surface area contributed by atoms with Gasteiger partial charge in [-0.1, -0.05) is 34.1 Å². The molecule has 1 atom stereocenters. The van der Waals surface area contributed by atoms with Gasteiger partial charge in [-0.05, 0) is 45.1 Å². The van der Waals surface area contributed by atoms with Gasteiger partial charge < -0.3 is 15.2 Å². The van der Waals surface area contributed by atoms with Crippen molar-refractivity contribution in [3.05, 3.63) is 0 Å². The van der Waals surface area contributed by atoms with Gasteiger partial charge in [0.05, 0.1) is 6.61 Å². The molecule has 0 saturated carbocycles. The maximum atomic E-state index is 9.18. The smallest absolute Gasteiger partial charge is 0.293 e. The predicted molar refractivity (Wildman–Crippen MR) is 87.4 cm³/mol. The Morgan fingerprint density at radius 3 is 2.14 bits per heavy atom. The van der Waals surface area contributed by atoms with Crippen LogP contribution in [0.5, 0.6) is 0 Å². The van der Waals surface area contributed by atoms with Crippen LogP contribution in [0.25, 0.3) is 0 Å². The Bertz CT molecular complexity index is 200. The van der Waals surface area contributed by atoms with Crippen LogP contribution < -0.4 is 5.32 Å².